The largest absolute Gasteiger partial charge is 0.387 e. The number of hydrogen-bond acceptors (Lipinski definition) is 4. The highest BCUT2D eigenvalue weighted by Crippen LogP contribution is 2.24. The zero-order chi connectivity index (χ0) is 12.9. The van der Waals surface area contributed by atoms with E-state index in [0.717, 1.165) is 10.2 Å². The summed E-state index contributed by atoms with van der Waals surface area (Å²) in [5, 5.41) is 22.2. The molecule has 1 aromatic rings. The Kier molecular flexibility index (Phi) is 5.31. The van der Waals surface area contributed by atoms with Gasteiger partial charge >= 0.3 is 0 Å². The van der Waals surface area contributed by atoms with Gasteiger partial charge in [0.05, 0.1) is 16.9 Å². The first-order chi connectivity index (χ1) is 8.00. The number of nitriles is 1. The number of anilines is 1. The molecule has 0 aliphatic rings. The van der Waals surface area contributed by atoms with Gasteiger partial charge in [-0.1, -0.05) is 6.07 Å². The topological polar surface area (TPSA) is 56.0 Å². The summed E-state index contributed by atoms with van der Waals surface area (Å²) < 4.78 is 0.759. The van der Waals surface area contributed by atoms with E-state index in [0.29, 0.717) is 17.9 Å². The van der Waals surface area contributed by atoms with Crippen LogP contribution in [0.5, 0.6) is 0 Å². The molecule has 0 aromatic heterocycles. The summed E-state index contributed by atoms with van der Waals surface area (Å²) in [6.07, 6.45) is 1.95. The molecule has 1 atom stereocenters. The zero-order valence-electron chi connectivity index (χ0n) is 9.83. The molecule has 1 unspecified atom stereocenters. The summed E-state index contributed by atoms with van der Waals surface area (Å²) in [5.74, 6) is 0.649. The van der Waals surface area contributed by atoms with Gasteiger partial charge in [-0.2, -0.15) is 17.0 Å². The maximum Gasteiger partial charge on any atom is 0.103 e. The summed E-state index contributed by atoms with van der Waals surface area (Å²) in [4.78, 5) is 0. The van der Waals surface area contributed by atoms with Crippen LogP contribution in [-0.2, 0) is 0 Å². The molecular weight excluding hydrogens is 300 g/mol. The van der Waals surface area contributed by atoms with Gasteiger partial charge in [0.15, 0.2) is 0 Å². The first kappa shape index (κ1) is 14.4. The van der Waals surface area contributed by atoms with Crippen LogP contribution in [0, 0.1) is 11.3 Å². The third-order valence-electron chi connectivity index (χ3n) is 2.24. The van der Waals surface area contributed by atoms with E-state index < -0.39 is 5.60 Å². The number of aliphatic hydroxyl groups is 1. The summed E-state index contributed by atoms with van der Waals surface area (Å²) in [6, 6.07) is 7.65. The number of nitrogens with zero attached hydrogens (tertiary/aromatic N) is 1. The lowest BCUT2D eigenvalue weighted by atomic mass is 10.1. The fourth-order valence-electron chi connectivity index (χ4n) is 1.43. The molecule has 0 radical (unpaired) electrons. The number of hydrogen-bond donors (Lipinski definition) is 2. The van der Waals surface area contributed by atoms with Gasteiger partial charge < -0.3 is 10.4 Å². The molecule has 0 amide bonds. The Morgan fingerprint density at radius 3 is 2.88 bits per heavy atom. The highest BCUT2D eigenvalue weighted by atomic mass is 79.9. The van der Waals surface area contributed by atoms with Crippen molar-refractivity contribution in [2.75, 3.05) is 23.9 Å². The standard InChI is InChI=1S/C12H15BrN2OS/c1-12(16,8-17-2)7-15-11-5-3-4-10(13)9(11)6-14/h3-5,15-16H,7-8H2,1-2H3. The van der Waals surface area contributed by atoms with Gasteiger partial charge in [-0.25, -0.2) is 0 Å². The molecule has 17 heavy (non-hydrogen) atoms. The summed E-state index contributed by atoms with van der Waals surface area (Å²) in [6.45, 7) is 2.19. The number of benzene rings is 1. The van der Waals surface area contributed by atoms with Crippen molar-refractivity contribution < 1.29 is 5.11 Å². The fourth-order valence-corrected chi connectivity index (χ4v) is 2.61. The van der Waals surface area contributed by atoms with E-state index in [4.69, 9.17) is 5.26 Å². The fraction of sp³-hybridized carbons (Fsp3) is 0.417. The molecule has 0 bridgehead atoms. The van der Waals surface area contributed by atoms with Crippen LogP contribution in [0.3, 0.4) is 0 Å². The van der Waals surface area contributed by atoms with Crippen molar-refractivity contribution in [2.45, 2.75) is 12.5 Å². The summed E-state index contributed by atoms with van der Waals surface area (Å²) in [5.41, 5.74) is 0.518. The molecule has 5 heteroatoms. The van der Waals surface area contributed by atoms with Gasteiger partial charge in [0, 0.05) is 16.8 Å². The molecule has 1 rings (SSSR count). The molecule has 0 fully saturated rings. The predicted octanol–water partition coefficient (Wildman–Crippen LogP) is 2.85. The third-order valence-corrected chi connectivity index (χ3v) is 3.81. The summed E-state index contributed by atoms with van der Waals surface area (Å²) >= 11 is 4.92. The molecular formula is C12H15BrN2OS. The number of nitrogens with one attached hydrogen (secondary N) is 1. The van der Waals surface area contributed by atoms with E-state index in [1.165, 1.54) is 0 Å². The van der Waals surface area contributed by atoms with Gasteiger partial charge in [0.25, 0.3) is 0 Å². The Morgan fingerprint density at radius 1 is 1.59 bits per heavy atom. The average Bonchev–Trinajstić information content (AvgIpc) is 2.26. The van der Waals surface area contributed by atoms with Crippen LogP contribution in [0.1, 0.15) is 12.5 Å². The second-order valence-electron chi connectivity index (χ2n) is 4.06. The van der Waals surface area contributed by atoms with E-state index in [-0.39, 0.29) is 0 Å². The maximum absolute atomic E-state index is 10.0. The van der Waals surface area contributed by atoms with Crippen molar-refractivity contribution in [2.24, 2.45) is 0 Å². The Morgan fingerprint density at radius 2 is 2.29 bits per heavy atom. The molecule has 0 saturated heterocycles. The number of thioether (sulfide) groups is 1. The van der Waals surface area contributed by atoms with Crippen molar-refractivity contribution in [3.8, 4) is 6.07 Å². The molecule has 1 aromatic carbocycles. The van der Waals surface area contributed by atoms with Crippen molar-refractivity contribution in [1.82, 2.24) is 0 Å². The second kappa shape index (κ2) is 6.29. The predicted molar refractivity (Wildman–Crippen MR) is 76.4 cm³/mol. The smallest absolute Gasteiger partial charge is 0.103 e. The van der Waals surface area contributed by atoms with Crippen LogP contribution in [-0.4, -0.2) is 29.3 Å². The van der Waals surface area contributed by atoms with Gasteiger partial charge in [-0.15, -0.1) is 0 Å². The lowest BCUT2D eigenvalue weighted by Crippen LogP contribution is -2.36. The van der Waals surface area contributed by atoms with Crippen LogP contribution in [0.2, 0.25) is 0 Å². The minimum absolute atomic E-state index is 0.416. The normalized spacial score (nSPS) is 13.8. The van der Waals surface area contributed by atoms with Crippen LogP contribution in [0.25, 0.3) is 0 Å². The number of rotatable bonds is 5. The molecule has 92 valence electrons. The molecule has 3 nitrogen and oxygen atoms in total. The number of halogens is 1. The maximum atomic E-state index is 10.0. The van der Waals surface area contributed by atoms with E-state index >= 15 is 0 Å². The van der Waals surface area contributed by atoms with Crippen molar-refractivity contribution in [1.29, 1.82) is 5.26 Å². The lowest BCUT2D eigenvalue weighted by molar-refractivity contribution is 0.0997. The third kappa shape index (κ3) is 4.23. The first-order valence-corrected chi connectivity index (χ1v) is 7.32. The molecule has 0 saturated carbocycles. The van der Waals surface area contributed by atoms with Crippen LogP contribution in [0.15, 0.2) is 22.7 Å². The Hall–Kier alpha value is -0.700. The molecule has 0 aliphatic heterocycles. The van der Waals surface area contributed by atoms with Crippen LogP contribution < -0.4 is 5.32 Å². The minimum atomic E-state index is -0.783. The van der Waals surface area contributed by atoms with Gasteiger partial charge in [-0.05, 0) is 41.2 Å². The highest BCUT2D eigenvalue weighted by molar-refractivity contribution is 9.10. The molecule has 0 aliphatic carbocycles. The Balaban J connectivity index is 2.77. The first-order valence-electron chi connectivity index (χ1n) is 5.14. The summed E-state index contributed by atoms with van der Waals surface area (Å²) in [7, 11) is 0. The van der Waals surface area contributed by atoms with Gasteiger partial charge in [0.2, 0.25) is 0 Å². The van der Waals surface area contributed by atoms with Crippen molar-refractivity contribution >= 4 is 33.4 Å². The van der Waals surface area contributed by atoms with Crippen molar-refractivity contribution in [3.63, 3.8) is 0 Å². The molecule has 0 spiro atoms. The van der Waals surface area contributed by atoms with Crippen LogP contribution in [0.4, 0.5) is 5.69 Å². The quantitative estimate of drug-likeness (QED) is 0.877. The van der Waals surface area contributed by atoms with Crippen LogP contribution >= 0.6 is 27.7 Å². The monoisotopic (exact) mass is 314 g/mol. The molecule has 0 heterocycles. The minimum Gasteiger partial charge on any atom is -0.387 e. The highest BCUT2D eigenvalue weighted by Gasteiger charge is 2.19. The lowest BCUT2D eigenvalue weighted by Gasteiger charge is -2.23. The van der Waals surface area contributed by atoms with Gasteiger partial charge in [0.1, 0.15) is 6.07 Å². The van der Waals surface area contributed by atoms with E-state index in [2.05, 4.69) is 27.3 Å². The SMILES string of the molecule is CSCC(C)(O)CNc1cccc(Br)c1C#N. The Labute approximate surface area is 114 Å². The second-order valence-corrected chi connectivity index (χ2v) is 5.78. The van der Waals surface area contributed by atoms with E-state index in [1.54, 1.807) is 18.7 Å². The van der Waals surface area contributed by atoms with Gasteiger partial charge in [-0.3, -0.25) is 0 Å². The molecule has 2 N–H and O–H groups in total. The van der Waals surface area contributed by atoms with E-state index in [1.807, 2.05) is 24.5 Å². The zero-order valence-corrected chi connectivity index (χ0v) is 12.2. The Bertz CT molecular complexity index is 429. The van der Waals surface area contributed by atoms with E-state index in [9.17, 15) is 5.11 Å². The van der Waals surface area contributed by atoms with Crippen molar-refractivity contribution in [3.05, 3.63) is 28.2 Å². The average molecular weight is 315 g/mol.